The second-order valence-electron chi connectivity index (χ2n) is 5.56. The van der Waals surface area contributed by atoms with Crippen LogP contribution in [0, 0.1) is 0 Å². The van der Waals surface area contributed by atoms with Crippen molar-refractivity contribution in [2.45, 2.75) is 18.9 Å². The van der Waals surface area contributed by atoms with Gasteiger partial charge in [0.15, 0.2) is 11.6 Å². The van der Waals surface area contributed by atoms with Crippen LogP contribution in [-0.4, -0.2) is 66.9 Å². The topological polar surface area (TPSA) is 70.6 Å². The van der Waals surface area contributed by atoms with Gasteiger partial charge in [0.25, 0.3) is 5.91 Å². The SMILES string of the molecule is CN1CCN(c2ccc(NC(=O)C3CCCO3)nn2)CC1. The maximum atomic E-state index is 11.9. The lowest BCUT2D eigenvalue weighted by Crippen LogP contribution is -2.44. The zero-order chi connectivity index (χ0) is 14.7. The van der Waals surface area contributed by atoms with Gasteiger partial charge in [-0.25, -0.2) is 0 Å². The first-order valence-corrected chi connectivity index (χ1v) is 7.42. The zero-order valence-electron chi connectivity index (χ0n) is 12.3. The Bertz CT molecular complexity index is 479. The molecule has 1 N–H and O–H groups in total. The Morgan fingerprint density at radius 2 is 2.10 bits per heavy atom. The monoisotopic (exact) mass is 291 g/mol. The van der Waals surface area contributed by atoms with Crippen LogP contribution in [0.15, 0.2) is 12.1 Å². The highest BCUT2D eigenvalue weighted by Crippen LogP contribution is 2.16. The highest BCUT2D eigenvalue weighted by Gasteiger charge is 2.24. The van der Waals surface area contributed by atoms with Crippen LogP contribution in [-0.2, 0) is 9.53 Å². The molecule has 1 aromatic heterocycles. The first-order chi connectivity index (χ1) is 10.2. The van der Waals surface area contributed by atoms with Gasteiger partial charge in [-0.05, 0) is 32.0 Å². The largest absolute Gasteiger partial charge is 0.368 e. The number of hydrogen-bond acceptors (Lipinski definition) is 6. The van der Waals surface area contributed by atoms with Crippen molar-refractivity contribution in [2.24, 2.45) is 0 Å². The third kappa shape index (κ3) is 3.48. The van der Waals surface area contributed by atoms with Gasteiger partial charge < -0.3 is 19.9 Å². The van der Waals surface area contributed by atoms with Crippen LogP contribution < -0.4 is 10.2 Å². The van der Waals surface area contributed by atoms with E-state index in [1.807, 2.05) is 6.07 Å². The Balaban J connectivity index is 1.57. The van der Waals surface area contributed by atoms with Crippen molar-refractivity contribution in [3.63, 3.8) is 0 Å². The summed E-state index contributed by atoms with van der Waals surface area (Å²) in [6.07, 6.45) is 1.37. The van der Waals surface area contributed by atoms with E-state index in [1.165, 1.54) is 0 Å². The Labute approximate surface area is 124 Å². The summed E-state index contributed by atoms with van der Waals surface area (Å²) in [5.41, 5.74) is 0. The number of rotatable bonds is 3. The van der Waals surface area contributed by atoms with E-state index in [-0.39, 0.29) is 12.0 Å². The molecule has 1 amide bonds. The molecule has 1 aromatic rings. The van der Waals surface area contributed by atoms with Gasteiger partial charge in [0.2, 0.25) is 0 Å². The number of anilines is 2. The minimum absolute atomic E-state index is 0.130. The number of ether oxygens (including phenoxy) is 1. The summed E-state index contributed by atoms with van der Waals surface area (Å²) in [5.74, 6) is 1.21. The highest BCUT2D eigenvalue weighted by molar-refractivity contribution is 5.93. The summed E-state index contributed by atoms with van der Waals surface area (Å²) >= 11 is 0. The molecule has 2 aliphatic heterocycles. The molecule has 0 radical (unpaired) electrons. The van der Waals surface area contributed by atoms with E-state index in [0.717, 1.165) is 44.8 Å². The standard InChI is InChI=1S/C14H21N5O2/c1-18-6-8-19(9-7-18)13-5-4-12(16-17-13)15-14(20)11-3-2-10-21-11/h4-5,11H,2-3,6-10H2,1H3,(H,15,16,20). The van der Waals surface area contributed by atoms with Crippen LogP contribution in [0.2, 0.25) is 0 Å². The minimum Gasteiger partial charge on any atom is -0.368 e. The summed E-state index contributed by atoms with van der Waals surface area (Å²) in [6, 6.07) is 3.71. The second-order valence-corrected chi connectivity index (χ2v) is 5.56. The third-order valence-electron chi connectivity index (χ3n) is 3.95. The Kier molecular flexibility index (Phi) is 4.31. The highest BCUT2D eigenvalue weighted by atomic mass is 16.5. The van der Waals surface area contributed by atoms with E-state index in [4.69, 9.17) is 4.74 Å². The van der Waals surface area contributed by atoms with Gasteiger partial charge in [-0.2, -0.15) is 0 Å². The molecule has 1 atom stereocenters. The van der Waals surface area contributed by atoms with Gasteiger partial charge in [0, 0.05) is 32.8 Å². The summed E-state index contributed by atoms with van der Waals surface area (Å²) in [5, 5.41) is 11.1. The molecule has 114 valence electrons. The molecular weight excluding hydrogens is 270 g/mol. The smallest absolute Gasteiger partial charge is 0.254 e. The average Bonchev–Trinajstić information content (AvgIpc) is 3.03. The van der Waals surface area contributed by atoms with Gasteiger partial charge in [-0.15, -0.1) is 10.2 Å². The second kappa shape index (κ2) is 6.36. The molecular formula is C14H21N5O2. The van der Waals surface area contributed by atoms with Crippen molar-refractivity contribution in [1.29, 1.82) is 0 Å². The van der Waals surface area contributed by atoms with Gasteiger partial charge in [0.1, 0.15) is 6.10 Å². The van der Waals surface area contributed by atoms with Gasteiger partial charge in [-0.1, -0.05) is 0 Å². The Morgan fingerprint density at radius 3 is 2.71 bits per heavy atom. The van der Waals surface area contributed by atoms with Crippen molar-refractivity contribution in [3.8, 4) is 0 Å². The van der Waals surface area contributed by atoms with E-state index in [9.17, 15) is 4.79 Å². The molecule has 3 rings (SSSR count). The lowest BCUT2D eigenvalue weighted by atomic mass is 10.2. The van der Waals surface area contributed by atoms with E-state index in [1.54, 1.807) is 6.07 Å². The number of aromatic nitrogens is 2. The first kappa shape index (κ1) is 14.2. The normalized spacial score (nSPS) is 23.3. The van der Waals surface area contributed by atoms with E-state index < -0.39 is 0 Å². The lowest BCUT2D eigenvalue weighted by Gasteiger charge is -2.32. The summed E-state index contributed by atoms with van der Waals surface area (Å²) in [7, 11) is 2.12. The zero-order valence-corrected chi connectivity index (χ0v) is 12.3. The van der Waals surface area contributed by atoms with Crippen molar-refractivity contribution in [1.82, 2.24) is 15.1 Å². The molecule has 0 bridgehead atoms. The lowest BCUT2D eigenvalue weighted by molar-refractivity contribution is -0.124. The van der Waals surface area contributed by atoms with E-state index >= 15 is 0 Å². The maximum Gasteiger partial charge on any atom is 0.254 e. The molecule has 3 heterocycles. The van der Waals surface area contributed by atoms with Crippen LogP contribution in [0.1, 0.15) is 12.8 Å². The average molecular weight is 291 g/mol. The van der Waals surface area contributed by atoms with Crippen molar-refractivity contribution in [2.75, 3.05) is 50.1 Å². The number of carbonyl (C=O) groups is 1. The first-order valence-electron chi connectivity index (χ1n) is 7.42. The Hall–Kier alpha value is -1.73. The molecule has 0 spiro atoms. The number of hydrogen-bond donors (Lipinski definition) is 1. The molecule has 0 aromatic carbocycles. The summed E-state index contributed by atoms with van der Waals surface area (Å²) < 4.78 is 5.34. The number of likely N-dealkylation sites (N-methyl/N-ethyl adjacent to an activating group) is 1. The van der Waals surface area contributed by atoms with Crippen molar-refractivity contribution < 1.29 is 9.53 Å². The van der Waals surface area contributed by atoms with Crippen molar-refractivity contribution >= 4 is 17.5 Å². The fourth-order valence-electron chi connectivity index (χ4n) is 2.59. The Morgan fingerprint density at radius 1 is 1.29 bits per heavy atom. The molecule has 2 aliphatic rings. The summed E-state index contributed by atoms with van der Waals surface area (Å²) in [4.78, 5) is 16.4. The number of amides is 1. The molecule has 2 saturated heterocycles. The fraction of sp³-hybridized carbons (Fsp3) is 0.643. The van der Waals surface area contributed by atoms with Crippen LogP contribution in [0.4, 0.5) is 11.6 Å². The number of nitrogens with one attached hydrogen (secondary N) is 1. The molecule has 0 aliphatic carbocycles. The maximum absolute atomic E-state index is 11.9. The van der Waals surface area contributed by atoms with Crippen LogP contribution in [0.3, 0.4) is 0 Å². The molecule has 7 nitrogen and oxygen atoms in total. The molecule has 1 unspecified atom stereocenters. The van der Waals surface area contributed by atoms with Crippen LogP contribution in [0.5, 0.6) is 0 Å². The van der Waals surface area contributed by atoms with Crippen LogP contribution in [0.25, 0.3) is 0 Å². The predicted molar refractivity (Wildman–Crippen MR) is 79.3 cm³/mol. The molecule has 2 fully saturated rings. The van der Waals surface area contributed by atoms with Crippen LogP contribution >= 0.6 is 0 Å². The molecule has 7 heteroatoms. The molecule has 0 saturated carbocycles. The third-order valence-corrected chi connectivity index (χ3v) is 3.95. The number of nitrogens with zero attached hydrogens (tertiary/aromatic N) is 4. The minimum atomic E-state index is -0.343. The fourth-order valence-corrected chi connectivity index (χ4v) is 2.59. The van der Waals surface area contributed by atoms with E-state index in [0.29, 0.717) is 12.4 Å². The number of piperazine rings is 1. The van der Waals surface area contributed by atoms with Crippen molar-refractivity contribution in [3.05, 3.63) is 12.1 Å². The van der Waals surface area contributed by atoms with E-state index in [2.05, 4.69) is 32.4 Å². The summed E-state index contributed by atoms with van der Waals surface area (Å²) in [6.45, 7) is 4.62. The van der Waals surface area contributed by atoms with Gasteiger partial charge >= 0.3 is 0 Å². The van der Waals surface area contributed by atoms with Gasteiger partial charge in [-0.3, -0.25) is 4.79 Å². The quantitative estimate of drug-likeness (QED) is 0.866. The van der Waals surface area contributed by atoms with Gasteiger partial charge in [0.05, 0.1) is 0 Å². The predicted octanol–water partition coefficient (Wildman–Crippen LogP) is 0.346. The molecule has 21 heavy (non-hydrogen) atoms. The number of carbonyl (C=O) groups excluding carboxylic acids is 1.